The lowest BCUT2D eigenvalue weighted by Crippen LogP contribution is -2.07. The highest BCUT2D eigenvalue weighted by Crippen LogP contribution is 2.30. The number of rotatable bonds is 4. The van der Waals surface area contributed by atoms with Crippen LogP contribution in [-0.2, 0) is 0 Å². The van der Waals surface area contributed by atoms with Gasteiger partial charge in [0.25, 0.3) is 0 Å². The highest BCUT2D eigenvalue weighted by molar-refractivity contribution is 9.10. The second-order valence-corrected chi connectivity index (χ2v) is 5.67. The van der Waals surface area contributed by atoms with Crippen LogP contribution in [0.5, 0.6) is 5.75 Å². The van der Waals surface area contributed by atoms with Gasteiger partial charge >= 0.3 is 0 Å². The molecule has 0 unspecified atom stereocenters. The van der Waals surface area contributed by atoms with E-state index in [4.69, 9.17) is 4.74 Å². The smallest absolute Gasteiger partial charge is 0.207 e. The van der Waals surface area contributed by atoms with Gasteiger partial charge in [0.05, 0.1) is 17.3 Å². The molecule has 1 aromatic heterocycles. The summed E-state index contributed by atoms with van der Waals surface area (Å²) in [6.07, 6.45) is 4.51. The van der Waals surface area contributed by atoms with Gasteiger partial charge in [-0.05, 0) is 53.9 Å². The van der Waals surface area contributed by atoms with Crippen LogP contribution in [0.4, 0.5) is 5.95 Å². The predicted octanol–water partition coefficient (Wildman–Crippen LogP) is 3.53. The average molecular weight is 322 g/mol. The van der Waals surface area contributed by atoms with E-state index in [0.29, 0.717) is 6.04 Å². The molecule has 3 rings (SSSR count). The Morgan fingerprint density at radius 3 is 2.84 bits per heavy atom. The molecule has 0 amide bonds. The number of nitrogens with one attached hydrogen (secondary N) is 1. The first-order valence-corrected chi connectivity index (χ1v) is 7.13. The van der Waals surface area contributed by atoms with E-state index in [2.05, 4.69) is 30.8 Å². The third-order valence-electron chi connectivity index (χ3n) is 3.15. The Balaban J connectivity index is 1.98. The number of imidazole rings is 1. The highest BCUT2D eigenvalue weighted by Gasteiger charge is 2.23. The van der Waals surface area contributed by atoms with E-state index in [1.807, 2.05) is 31.3 Å². The van der Waals surface area contributed by atoms with E-state index in [1.54, 1.807) is 7.11 Å². The van der Waals surface area contributed by atoms with Gasteiger partial charge in [0.1, 0.15) is 5.75 Å². The van der Waals surface area contributed by atoms with E-state index in [9.17, 15) is 0 Å². The number of ether oxygens (including phenoxy) is 1. The lowest BCUT2D eigenvalue weighted by atomic mass is 10.3. The van der Waals surface area contributed by atoms with Crippen molar-refractivity contribution in [2.45, 2.75) is 25.8 Å². The molecule has 100 valence electrons. The minimum atomic E-state index is 0.585. The molecule has 1 aliphatic carbocycles. The largest absolute Gasteiger partial charge is 0.496 e. The van der Waals surface area contributed by atoms with E-state index in [-0.39, 0.29) is 0 Å². The molecule has 0 atom stereocenters. The van der Waals surface area contributed by atoms with Crippen molar-refractivity contribution in [3.63, 3.8) is 0 Å². The summed E-state index contributed by atoms with van der Waals surface area (Å²) in [4.78, 5) is 4.54. The maximum absolute atomic E-state index is 5.26. The van der Waals surface area contributed by atoms with Gasteiger partial charge in [0.2, 0.25) is 5.95 Å². The van der Waals surface area contributed by atoms with Crippen LogP contribution in [0, 0.1) is 6.92 Å². The fraction of sp³-hybridized carbons (Fsp3) is 0.357. The van der Waals surface area contributed by atoms with Gasteiger partial charge in [-0.2, -0.15) is 0 Å². The third-order valence-corrected chi connectivity index (χ3v) is 3.77. The standard InChI is InChI=1S/C14H16BrN3O/c1-9-8-18(14(16-9)17-10-3-4-10)11-5-6-13(19-2)12(15)7-11/h5-8,10H,3-4H2,1-2H3,(H,16,17). The fourth-order valence-corrected chi connectivity index (χ4v) is 2.54. The van der Waals surface area contributed by atoms with Crippen LogP contribution in [0.25, 0.3) is 5.69 Å². The number of anilines is 1. The summed E-state index contributed by atoms with van der Waals surface area (Å²) in [7, 11) is 1.67. The Bertz CT molecular complexity index is 605. The summed E-state index contributed by atoms with van der Waals surface area (Å²) in [5, 5.41) is 3.46. The first-order chi connectivity index (χ1) is 9.17. The number of aromatic nitrogens is 2. The minimum Gasteiger partial charge on any atom is -0.496 e. The van der Waals surface area contributed by atoms with Crippen LogP contribution in [0.2, 0.25) is 0 Å². The number of methoxy groups -OCH3 is 1. The lowest BCUT2D eigenvalue weighted by molar-refractivity contribution is 0.412. The number of halogens is 1. The van der Waals surface area contributed by atoms with Gasteiger partial charge in [-0.15, -0.1) is 0 Å². The maximum atomic E-state index is 5.26. The summed E-state index contributed by atoms with van der Waals surface area (Å²) in [6.45, 7) is 2.01. The monoisotopic (exact) mass is 321 g/mol. The van der Waals surface area contributed by atoms with Crippen LogP contribution in [0.15, 0.2) is 28.9 Å². The minimum absolute atomic E-state index is 0.585. The molecule has 0 spiro atoms. The summed E-state index contributed by atoms with van der Waals surface area (Å²) in [5.74, 6) is 1.74. The summed E-state index contributed by atoms with van der Waals surface area (Å²) >= 11 is 3.52. The van der Waals surface area contributed by atoms with Crippen LogP contribution >= 0.6 is 15.9 Å². The molecule has 2 aromatic rings. The maximum Gasteiger partial charge on any atom is 0.207 e. The molecule has 0 saturated heterocycles. The summed E-state index contributed by atoms with van der Waals surface area (Å²) in [5.41, 5.74) is 2.08. The van der Waals surface area contributed by atoms with Crippen LogP contribution in [0.3, 0.4) is 0 Å². The molecular weight excluding hydrogens is 306 g/mol. The van der Waals surface area contributed by atoms with E-state index in [1.165, 1.54) is 12.8 Å². The molecule has 1 saturated carbocycles. The fourth-order valence-electron chi connectivity index (χ4n) is 2.01. The SMILES string of the molecule is COc1ccc(-n2cc(C)nc2NC2CC2)cc1Br. The van der Waals surface area contributed by atoms with Crippen molar-refractivity contribution in [3.05, 3.63) is 34.6 Å². The second-order valence-electron chi connectivity index (χ2n) is 4.81. The van der Waals surface area contributed by atoms with Crippen molar-refractivity contribution >= 4 is 21.9 Å². The molecular formula is C14H16BrN3O. The number of benzene rings is 1. The first kappa shape index (κ1) is 12.5. The predicted molar refractivity (Wildman–Crippen MR) is 79.2 cm³/mol. The van der Waals surface area contributed by atoms with E-state index in [0.717, 1.165) is 27.6 Å². The topological polar surface area (TPSA) is 39.1 Å². The van der Waals surface area contributed by atoms with Gasteiger partial charge in [-0.25, -0.2) is 4.98 Å². The first-order valence-electron chi connectivity index (χ1n) is 6.34. The van der Waals surface area contributed by atoms with Gasteiger partial charge in [0, 0.05) is 17.9 Å². The Hall–Kier alpha value is -1.49. The second kappa shape index (κ2) is 4.89. The highest BCUT2D eigenvalue weighted by atomic mass is 79.9. The summed E-state index contributed by atoms with van der Waals surface area (Å²) < 4.78 is 8.28. The normalized spacial score (nSPS) is 14.5. The van der Waals surface area contributed by atoms with Crippen molar-refractivity contribution in [2.75, 3.05) is 12.4 Å². The molecule has 0 aliphatic heterocycles. The molecule has 0 bridgehead atoms. The molecule has 1 N–H and O–H groups in total. The Labute approximate surface area is 120 Å². The number of hydrogen-bond acceptors (Lipinski definition) is 3. The number of nitrogens with zero attached hydrogens (tertiary/aromatic N) is 2. The van der Waals surface area contributed by atoms with E-state index < -0.39 is 0 Å². The van der Waals surface area contributed by atoms with Gasteiger partial charge < -0.3 is 10.1 Å². The molecule has 19 heavy (non-hydrogen) atoms. The summed E-state index contributed by atoms with van der Waals surface area (Å²) in [6, 6.07) is 6.61. The van der Waals surface area contributed by atoms with Gasteiger partial charge in [0.15, 0.2) is 0 Å². The number of aryl methyl sites for hydroxylation is 1. The average Bonchev–Trinajstić information content (AvgIpc) is 3.12. The van der Waals surface area contributed by atoms with Crippen molar-refractivity contribution in [3.8, 4) is 11.4 Å². The zero-order valence-electron chi connectivity index (χ0n) is 11.0. The van der Waals surface area contributed by atoms with E-state index >= 15 is 0 Å². The van der Waals surface area contributed by atoms with Crippen molar-refractivity contribution in [1.82, 2.24) is 9.55 Å². The van der Waals surface area contributed by atoms with Crippen molar-refractivity contribution < 1.29 is 4.74 Å². The van der Waals surface area contributed by atoms with Crippen molar-refractivity contribution in [2.24, 2.45) is 0 Å². The molecule has 5 heteroatoms. The molecule has 0 radical (unpaired) electrons. The lowest BCUT2D eigenvalue weighted by Gasteiger charge is -2.11. The van der Waals surface area contributed by atoms with Crippen LogP contribution in [0.1, 0.15) is 18.5 Å². The molecule has 1 aliphatic rings. The number of hydrogen-bond donors (Lipinski definition) is 1. The third kappa shape index (κ3) is 2.61. The molecule has 1 heterocycles. The quantitative estimate of drug-likeness (QED) is 0.936. The molecule has 1 fully saturated rings. The Kier molecular flexibility index (Phi) is 3.22. The van der Waals surface area contributed by atoms with Gasteiger partial charge in [-0.1, -0.05) is 0 Å². The van der Waals surface area contributed by atoms with Crippen LogP contribution in [-0.4, -0.2) is 22.7 Å². The molecule has 1 aromatic carbocycles. The zero-order chi connectivity index (χ0) is 13.4. The van der Waals surface area contributed by atoms with Gasteiger partial charge in [-0.3, -0.25) is 4.57 Å². The Morgan fingerprint density at radius 2 is 2.21 bits per heavy atom. The van der Waals surface area contributed by atoms with Crippen LogP contribution < -0.4 is 10.1 Å². The van der Waals surface area contributed by atoms with Crippen molar-refractivity contribution in [1.29, 1.82) is 0 Å². The zero-order valence-corrected chi connectivity index (χ0v) is 12.6. The Morgan fingerprint density at radius 1 is 1.42 bits per heavy atom. The molecule has 4 nitrogen and oxygen atoms in total.